The highest BCUT2D eigenvalue weighted by Crippen LogP contribution is 2.47. The van der Waals surface area contributed by atoms with Crippen LogP contribution in [0, 0.1) is 5.92 Å². The van der Waals surface area contributed by atoms with E-state index in [4.69, 9.17) is 13.9 Å². The SMILES string of the molecule is CC1CC1c1ccc(/C=C/C(=O)N2CCC3(CC2)OCCO3)o1. The Balaban J connectivity index is 1.32. The summed E-state index contributed by atoms with van der Waals surface area (Å²) in [5.74, 6) is 2.68. The maximum Gasteiger partial charge on any atom is 0.246 e. The number of furan rings is 1. The number of rotatable bonds is 3. The van der Waals surface area contributed by atoms with Crippen molar-refractivity contribution in [3.63, 3.8) is 0 Å². The summed E-state index contributed by atoms with van der Waals surface area (Å²) < 4.78 is 17.2. The molecule has 4 rings (SSSR count). The molecular weight excluding hydrogens is 294 g/mol. The second kappa shape index (κ2) is 5.80. The molecule has 1 aromatic rings. The first-order chi connectivity index (χ1) is 11.2. The molecule has 0 N–H and O–H groups in total. The number of hydrogen-bond donors (Lipinski definition) is 0. The Morgan fingerprint density at radius 1 is 1.26 bits per heavy atom. The standard InChI is InChI=1S/C18H23NO4/c1-13-12-15(13)16-4-2-14(23-16)3-5-17(20)19-8-6-18(7-9-19)21-10-11-22-18/h2-5,13,15H,6-12H2,1H3/b5-3+. The average Bonchev–Trinajstić information content (AvgIpc) is 2.96. The minimum absolute atomic E-state index is 0.0237. The van der Waals surface area contributed by atoms with Gasteiger partial charge in [-0.1, -0.05) is 6.92 Å². The van der Waals surface area contributed by atoms with Crippen LogP contribution in [0.2, 0.25) is 0 Å². The highest BCUT2D eigenvalue weighted by Gasteiger charge is 2.40. The molecule has 3 heterocycles. The fourth-order valence-electron chi connectivity index (χ4n) is 3.49. The van der Waals surface area contributed by atoms with Gasteiger partial charge in [0.05, 0.1) is 13.2 Å². The molecular formula is C18H23NO4. The molecule has 23 heavy (non-hydrogen) atoms. The van der Waals surface area contributed by atoms with E-state index in [1.54, 1.807) is 12.2 Å². The van der Waals surface area contributed by atoms with Crippen LogP contribution in [-0.2, 0) is 14.3 Å². The van der Waals surface area contributed by atoms with Crippen LogP contribution in [-0.4, -0.2) is 42.9 Å². The molecule has 1 spiro atoms. The molecule has 0 radical (unpaired) electrons. The number of nitrogens with zero attached hydrogens (tertiary/aromatic N) is 1. The van der Waals surface area contributed by atoms with Gasteiger partial charge in [-0.15, -0.1) is 0 Å². The van der Waals surface area contributed by atoms with E-state index < -0.39 is 5.79 Å². The predicted octanol–water partition coefficient (Wildman–Crippen LogP) is 2.78. The van der Waals surface area contributed by atoms with E-state index in [0.717, 1.165) is 30.3 Å². The first kappa shape index (κ1) is 15.0. The Morgan fingerprint density at radius 2 is 1.96 bits per heavy atom. The molecule has 2 saturated heterocycles. The van der Waals surface area contributed by atoms with E-state index in [-0.39, 0.29) is 5.91 Å². The lowest BCUT2D eigenvalue weighted by Gasteiger charge is -2.37. The number of carbonyl (C=O) groups is 1. The molecule has 3 aliphatic rings. The third-order valence-corrected chi connectivity index (χ3v) is 5.16. The molecule has 5 heteroatoms. The number of hydrogen-bond acceptors (Lipinski definition) is 4. The lowest BCUT2D eigenvalue weighted by molar-refractivity contribution is -0.186. The van der Waals surface area contributed by atoms with Crippen molar-refractivity contribution in [1.29, 1.82) is 0 Å². The van der Waals surface area contributed by atoms with E-state index in [9.17, 15) is 4.79 Å². The van der Waals surface area contributed by atoms with Gasteiger partial charge in [-0.05, 0) is 30.5 Å². The summed E-state index contributed by atoms with van der Waals surface area (Å²) in [6, 6.07) is 3.97. The summed E-state index contributed by atoms with van der Waals surface area (Å²) in [7, 11) is 0. The molecule has 2 atom stereocenters. The zero-order valence-corrected chi connectivity index (χ0v) is 13.5. The first-order valence-electron chi connectivity index (χ1n) is 8.50. The Kier molecular flexibility index (Phi) is 3.77. The maximum absolute atomic E-state index is 12.3. The highest BCUT2D eigenvalue weighted by molar-refractivity contribution is 5.91. The number of ether oxygens (including phenoxy) is 2. The van der Waals surface area contributed by atoms with Crippen molar-refractivity contribution in [2.24, 2.45) is 5.92 Å². The molecule has 2 aliphatic heterocycles. The van der Waals surface area contributed by atoms with Crippen molar-refractivity contribution in [1.82, 2.24) is 4.90 Å². The lowest BCUT2D eigenvalue weighted by Crippen LogP contribution is -2.46. The van der Waals surface area contributed by atoms with Gasteiger partial charge in [0.1, 0.15) is 11.5 Å². The summed E-state index contributed by atoms with van der Waals surface area (Å²) in [6.07, 6.45) is 6.07. The monoisotopic (exact) mass is 317 g/mol. The van der Waals surface area contributed by atoms with Crippen molar-refractivity contribution in [2.45, 2.75) is 37.9 Å². The van der Waals surface area contributed by atoms with E-state index in [0.29, 0.717) is 32.2 Å². The Bertz CT molecular complexity index is 604. The van der Waals surface area contributed by atoms with E-state index in [1.165, 1.54) is 6.42 Å². The van der Waals surface area contributed by atoms with Crippen molar-refractivity contribution in [2.75, 3.05) is 26.3 Å². The number of carbonyl (C=O) groups excluding carboxylic acids is 1. The molecule has 0 aromatic carbocycles. The van der Waals surface area contributed by atoms with E-state index in [1.807, 2.05) is 17.0 Å². The molecule has 1 aromatic heterocycles. The largest absolute Gasteiger partial charge is 0.461 e. The zero-order chi connectivity index (χ0) is 15.9. The van der Waals surface area contributed by atoms with Crippen molar-refractivity contribution < 1.29 is 18.7 Å². The fraction of sp³-hybridized carbons (Fsp3) is 0.611. The van der Waals surface area contributed by atoms with Gasteiger partial charge in [-0.25, -0.2) is 0 Å². The summed E-state index contributed by atoms with van der Waals surface area (Å²) >= 11 is 0. The molecule has 5 nitrogen and oxygen atoms in total. The lowest BCUT2D eigenvalue weighted by atomic mass is 10.0. The van der Waals surface area contributed by atoms with Crippen LogP contribution in [0.4, 0.5) is 0 Å². The van der Waals surface area contributed by atoms with Gasteiger partial charge < -0.3 is 18.8 Å². The third-order valence-electron chi connectivity index (χ3n) is 5.16. The van der Waals surface area contributed by atoms with Gasteiger partial charge in [0.2, 0.25) is 5.91 Å². The number of likely N-dealkylation sites (tertiary alicyclic amines) is 1. The molecule has 3 fully saturated rings. The van der Waals surface area contributed by atoms with Crippen molar-refractivity contribution in [3.8, 4) is 0 Å². The minimum atomic E-state index is -0.433. The summed E-state index contributed by atoms with van der Waals surface area (Å²) in [5.41, 5.74) is 0. The molecule has 1 saturated carbocycles. The zero-order valence-electron chi connectivity index (χ0n) is 13.5. The predicted molar refractivity (Wildman–Crippen MR) is 84.7 cm³/mol. The van der Waals surface area contributed by atoms with Crippen LogP contribution in [0.15, 0.2) is 22.6 Å². The quantitative estimate of drug-likeness (QED) is 0.805. The van der Waals surface area contributed by atoms with Gasteiger partial charge in [0.15, 0.2) is 5.79 Å². The van der Waals surface area contributed by atoms with Crippen LogP contribution in [0.5, 0.6) is 0 Å². The van der Waals surface area contributed by atoms with Crippen LogP contribution < -0.4 is 0 Å². The minimum Gasteiger partial charge on any atom is -0.461 e. The highest BCUT2D eigenvalue weighted by atomic mass is 16.7. The second-order valence-corrected chi connectivity index (χ2v) is 6.83. The second-order valence-electron chi connectivity index (χ2n) is 6.83. The van der Waals surface area contributed by atoms with Gasteiger partial charge in [0, 0.05) is 37.9 Å². The Labute approximate surface area is 136 Å². The average molecular weight is 317 g/mol. The number of piperidine rings is 1. The summed E-state index contributed by atoms with van der Waals surface area (Å²) in [6.45, 7) is 4.90. The first-order valence-corrected chi connectivity index (χ1v) is 8.50. The van der Waals surface area contributed by atoms with Crippen molar-refractivity contribution in [3.05, 3.63) is 29.7 Å². The van der Waals surface area contributed by atoms with Gasteiger partial charge in [-0.2, -0.15) is 0 Å². The van der Waals surface area contributed by atoms with Gasteiger partial charge in [0.25, 0.3) is 0 Å². The van der Waals surface area contributed by atoms with Crippen molar-refractivity contribution >= 4 is 12.0 Å². The Morgan fingerprint density at radius 3 is 2.61 bits per heavy atom. The van der Waals surface area contributed by atoms with E-state index in [2.05, 4.69) is 6.92 Å². The molecule has 1 aliphatic carbocycles. The Hall–Kier alpha value is -1.59. The molecule has 0 bridgehead atoms. The van der Waals surface area contributed by atoms with Crippen LogP contribution >= 0.6 is 0 Å². The summed E-state index contributed by atoms with van der Waals surface area (Å²) in [5, 5.41) is 0. The normalized spacial score (nSPS) is 29.5. The van der Waals surface area contributed by atoms with E-state index >= 15 is 0 Å². The summed E-state index contributed by atoms with van der Waals surface area (Å²) in [4.78, 5) is 14.1. The fourth-order valence-corrected chi connectivity index (χ4v) is 3.49. The molecule has 2 unspecified atom stereocenters. The van der Waals surface area contributed by atoms with Crippen LogP contribution in [0.3, 0.4) is 0 Å². The third kappa shape index (κ3) is 3.08. The smallest absolute Gasteiger partial charge is 0.246 e. The topological polar surface area (TPSA) is 51.9 Å². The van der Waals surface area contributed by atoms with Gasteiger partial charge >= 0.3 is 0 Å². The van der Waals surface area contributed by atoms with Crippen LogP contribution in [0.1, 0.15) is 43.6 Å². The van der Waals surface area contributed by atoms with Crippen LogP contribution in [0.25, 0.3) is 6.08 Å². The maximum atomic E-state index is 12.3. The molecule has 1 amide bonds. The van der Waals surface area contributed by atoms with Gasteiger partial charge in [-0.3, -0.25) is 4.79 Å². The molecule has 124 valence electrons. The number of amides is 1.